The molecule has 0 aliphatic rings. The monoisotopic (exact) mass is 327 g/mol. The maximum Gasteiger partial charge on any atom is 0.338 e. The van der Waals surface area contributed by atoms with Crippen LogP contribution in [-0.2, 0) is 14.3 Å². The fourth-order valence-electron chi connectivity index (χ4n) is 2.14. The van der Waals surface area contributed by atoms with Crippen LogP contribution in [0, 0.1) is 0 Å². The van der Waals surface area contributed by atoms with E-state index in [-0.39, 0.29) is 12.5 Å². The van der Waals surface area contributed by atoms with Crippen molar-refractivity contribution in [2.75, 3.05) is 26.9 Å². The first kappa shape index (κ1) is 17.7. The minimum atomic E-state index is -0.512. The molecule has 0 radical (unpaired) electrons. The molecular formula is C19H21NO4. The zero-order valence-electron chi connectivity index (χ0n) is 13.7. The van der Waals surface area contributed by atoms with E-state index in [4.69, 9.17) is 9.47 Å². The second-order valence-corrected chi connectivity index (χ2v) is 5.22. The maximum absolute atomic E-state index is 12.0. The Labute approximate surface area is 141 Å². The number of nitrogens with one attached hydrogen (secondary N) is 1. The van der Waals surface area contributed by atoms with Gasteiger partial charge in [-0.15, -0.1) is 0 Å². The number of esters is 1. The number of hydrogen-bond donors (Lipinski definition) is 1. The molecule has 0 atom stereocenters. The molecule has 0 saturated heterocycles. The zero-order valence-corrected chi connectivity index (χ0v) is 13.7. The molecule has 5 nitrogen and oxygen atoms in total. The first-order chi connectivity index (χ1) is 11.7. The summed E-state index contributed by atoms with van der Waals surface area (Å²) in [5, 5.41) is 2.66. The highest BCUT2D eigenvalue weighted by molar-refractivity contribution is 5.91. The topological polar surface area (TPSA) is 64.6 Å². The van der Waals surface area contributed by atoms with Gasteiger partial charge in [-0.1, -0.05) is 42.5 Å². The average molecular weight is 327 g/mol. The number of carbonyl (C=O) groups is 2. The van der Waals surface area contributed by atoms with E-state index in [1.807, 2.05) is 42.5 Å². The van der Waals surface area contributed by atoms with Crippen LogP contribution < -0.4 is 5.32 Å². The summed E-state index contributed by atoms with van der Waals surface area (Å²) in [7, 11) is 1.60. The van der Waals surface area contributed by atoms with Crippen LogP contribution in [0.4, 0.5) is 0 Å². The summed E-state index contributed by atoms with van der Waals surface area (Å²) in [6.45, 7) is 0.788. The van der Waals surface area contributed by atoms with E-state index in [9.17, 15) is 9.59 Å². The Bertz CT molecular complexity index is 653. The van der Waals surface area contributed by atoms with E-state index in [1.165, 1.54) is 0 Å². The van der Waals surface area contributed by atoms with Crippen molar-refractivity contribution in [1.29, 1.82) is 0 Å². The second-order valence-electron chi connectivity index (χ2n) is 5.22. The first-order valence-electron chi connectivity index (χ1n) is 7.79. The van der Waals surface area contributed by atoms with Gasteiger partial charge in [-0.25, -0.2) is 4.79 Å². The highest BCUT2D eigenvalue weighted by Gasteiger charge is 2.10. The van der Waals surface area contributed by atoms with Crippen molar-refractivity contribution in [1.82, 2.24) is 5.32 Å². The molecule has 5 heteroatoms. The molecule has 24 heavy (non-hydrogen) atoms. The van der Waals surface area contributed by atoms with E-state index < -0.39 is 5.97 Å². The van der Waals surface area contributed by atoms with Gasteiger partial charge in [0.2, 0.25) is 0 Å². The lowest BCUT2D eigenvalue weighted by molar-refractivity contribution is -0.124. The molecule has 0 heterocycles. The third kappa shape index (κ3) is 5.52. The summed E-state index contributed by atoms with van der Waals surface area (Å²) in [6, 6.07) is 17.0. The SMILES string of the molecule is COCCCNC(=O)COC(=O)c1ccc(-c2ccccc2)cc1. The zero-order chi connectivity index (χ0) is 17.2. The normalized spacial score (nSPS) is 10.2. The van der Waals surface area contributed by atoms with Gasteiger partial charge in [-0.05, 0) is 29.7 Å². The molecule has 0 aromatic heterocycles. The Kier molecular flexibility index (Phi) is 6.98. The summed E-state index contributed by atoms with van der Waals surface area (Å²) in [5.74, 6) is -0.831. The number of amides is 1. The summed E-state index contributed by atoms with van der Waals surface area (Å²) in [4.78, 5) is 23.5. The predicted octanol–water partition coefficient (Wildman–Crippen LogP) is 2.66. The Morgan fingerprint density at radius 1 is 0.958 bits per heavy atom. The third-order valence-electron chi connectivity index (χ3n) is 3.41. The van der Waals surface area contributed by atoms with Crippen molar-refractivity contribution in [3.63, 3.8) is 0 Å². The van der Waals surface area contributed by atoms with E-state index in [0.717, 1.165) is 17.5 Å². The van der Waals surface area contributed by atoms with Crippen molar-refractivity contribution in [3.05, 3.63) is 60.2 Å². The van der Waals surface area contributed by atoms with Gasteiger partial charge in [0.05, 0.1) is 5.56 Å². The van der Waals surface area contributed by atoms with Crippen molar-refractivity contribution in [2.45, 2.75) is 6.42 Å². The molecule has 1 N–H and O–H groups in total. The van der Waals surface area contributed by atoms with Crippen LogP contribution >= 0.6 is 0 Å². The van der Waals surface area contributed by atoms with Crippen LogP contribution in [0.25, 0.3) is 11.1 Å². The van der Waals surface area contributed by atoms with Gasteiger partial charge in [0, 0.05) is 20.3 Å². The summed E-state index contributed by atoms with van der Waals surface area (Å²) >= 11 is 0. The lowest BCUT2D eigenvalue weighted by atomic mass is 10.0. The first-order valence-corrected chi connectivity index (χ1v) is 7.79. The summed E-state index contributed by atoms with van der Waals surface area (Å²) < 4.78 is 9.89. The van der Waals surface area contributed by atoms with Gasteiger partial charge < -0.3 is 14.8 Å². The van der Waals surface area contributed by atoms with Crippen molar-refractivity contribution >= 4 is 11.9 Å². The molecule has 0 saturated carbocycles. The van der Waals surface area contributed by atoms with Gasteiger partial charge in [-0.3, -0.25) is 4.79 Å². The fourth-order valence-corrected chi connectivity index (χ4v) is 2.14. The van der Waals surface area contributed by atoms with Crippen molar-refractivity contribution < 1.29 is 19.1 Å². The van der Waals surface area contributed by atoms with Crippen molar-refractivity contribution in [3.8, 4) is 11.1 Å². The quantitative estimate of drug-likeness (QED) is 0.598. The van der Waals surface area contributed by atoms with E-state index in [1.54, 1.807) is 19.2 Å². The fraction of sp³-hybridized carbons (Fsp3) is 0.263. The Balaban J connectivity index is 1.81. The van der Waals surface area contributed by atoms with Gasteiger partial charge >= 0.3 is 5.97 Å². The van der Waals surface area contributed by atoms with Gasteiger partial charge in [-0.2, -0.15) is 0 Å². The largest absolute Gasteiger partial charge is 0.452 e. The summed E-state index contributed by atoms with van der Waals surface area (Å²) in [6.07, 6.45) is 0.719. The van der Waals surface area contributed by atoms with Crippen LogP contribution in [0.2, 0.25) is 0 Å². The van der Waals surface area contributed by atoms with Crippen LogP contribution in [0.3, 0.4) is 0 Å². The minimum Gasteiger partial charge on any atom is -0.452 e. The van der Waals surface area contributed by atoms with E-state index >= 15 is 0 Å². The standard InChI is InChI=1S/C19H21NO4/c1-23-13-5-12-20-18(21)14-24-19(22)17-10-8-16(9-11-17)15-6-3-2-4-7-15/h2-4,6-11H,5,12-14H2,1H3,(H,20,21). The molecule has 126 valence electrons. The van der Waals surface area contributed by atoms with Crippen LogP contribution in [0.1, 0.15) is 16.8 Å². The molecule has 0 aliphatic heterocycles. The van der Waals surface area contributed by atoms with Gasteiger partial charge in [0.25, 0.3) is 5.91 Å². The molecule has 0 spiro atoms. The molecule has 1 amide bonds. The maximum atomic E-state index is 12.0. The van der Waals surface area contributed by atoms with Crippen molar-refractivity contribution in [2.24, 2.45) is 0 Å². The van der Waals surface area contributed by atoms with E-state index in [2.05, 4.69) is 5.32 Å². The smallest absolute Gasteiger partial charge is 0.338 e. The number of carbonyl (C=O) groups excluding carboxylic acids is 2. The second kappa shape index (κ2) is 9.47. The highest BCUT2D eigenvalue weighted by atomic mass is 16.5. The number of benzene rings is 2. The molecule has 2 aromatic carbocycles. The predicted molar refractivity (Wildman–Crippen MR) is 91.7 cm³/mol. The molecule has 0 fully saturated rings. The molecule has 2 aromatic rings. The summed E-state index contributed by atoms with van der Waals surface area (Å²) in [5.41, 5.74) is 2.51. The molecular weight excluding hydrogens is 306 g/mol. The number of ether oxygens (including phenoxy) is 2. The Hall–Kier alpha value is -2.66. The lowest BCUT2D eigenvalue weighted by Crippen LogP contribution is -2.30. The van der Waals surface area contributed by atoms with E-state index in [0.29, 0.717) is 18.7 Å². The van der Waals surface area contributed by atoms with Crippen LogP contribution in [-0.4, -0.2) is 38.7 Å². The Morgan fingerprint density at radius 3 is 2.29 bits per heavy atom. The van der Waals surface area contributed by atoms with Crippen LogP contribution in [0.15, 0.2) is 54.6 Å². The Morgan fingerprint density at radius 2 is 1.62 bits per heavy atom. The van der Waals surface area contributed by atoms with Gasteiger partial charge in [0.15, 0.2) is 6.61 Å². The molecule has 0 aliphatic carbocycles. The van der Waals surface area contributed by atoms with Gasteiger partial charge in [0.1, 0.15) is 0 Å². The lowest BCUT2D eigenvalue weighted by Gasteiger charge is -2.07. The number of hydrogen-bond acceptors (Lipinski definition) is 4. The number of methoxy groups -OCH3 is 1. The minimum absolute atomic E-state index is 0.285. The molecule has 0 unspecified atom stereocenters. The molecule has 0 bridgehead atoms. The van der Waals surface area contributed by atoms with Crippen LogP contribution in [0.5, 0.6) is 0 Å². The molecule has 2 rings (SSSR count). The number of rotatable bonds is 8. The third-order valence-corrected chi connectivity index (χ3v) is 3.41. The highest BCUT2D eigenvalue weighted by Crippen LogP contribution is 2.19. The average Bonchev–Trinajstić information content (AvgIpc) is 2.64.